The fourth-order valence-corrected chi connectivity index (χ4v) is 4.29. The van der Waals surface area contributed by atoms with Crippen LogP contribution < -0.4 is 9.46 Å². The molecule has 4 nitrogen and oxygen atoms in total. The maximum Gasteiger partial charge on any atom is 0.271 e. The number of halogens is 2. The molecule has 20 heavy (non-hydrogen) atoms. The molecule has 2 rings (SSSR count). The summed E-state index contributed by atoms with van der Waals surface area (Å²) < 4.78 is 32.8. The molecule has 0 aliphatic heterocycles. The predicted molar refractivity (Wildman–Crippen MR) is 82.8 cm³/mol. The summed E-state index contributed by atoms with van der Waals surface area (Å²) in [7, 11) is -3.70. The molecule has 1 heterocycles. The Morgan fingerprint density at radius 3 is 2.60 bits per heavy atom. The van der Waals surface area contributed by atoms with E-state index >= 15 is 0 Å². The molecule has 2 aromatic rings. The second kappa shape index (κ2) is 6.22. The molecule has 1 aromatic carbocycles. The standard InChI is InChI=1S/C12H11Cl2NO3S2/c1-2-18-12-8(13)4-3-5-9(12)15-20(16,17)11-7-6-10(14)19-11/h3-7,15H,2H2,1H3. The molecule has 0 fully saturated rings. The van der Waals surface area contributed by atoms with Crippen LogP contribution in [0.4, 0.5) is 5.69 Å². The number of anilines is 1. The number of nitrogens with one attached hydrogen (secondary N) is 1. The van der Waals surface area contributed by atoms with Gasteiger partial charge in [0.1, 0.15) is 4.21 Å². The van der Waals surface area contributed by atoms with Crippen LogP contribution in [0.15, 0.2) is 34.5 Å². The first-order chi connectivity index (χ1) is 9.44. The van der Waals surface area contributed by atoms with E-state index in [0.29, 0.717) is 27.4 Å². The first-order valence-corrected chi connectivity index (χ1v) is 8.69. The summed E-state index contributed by atoms with van der Waals surface area (Å²) in [4.78, 5) is 0. The van der Waals surface area contributed by atoms with Crippen molar-refractivity contribution in [1.29, 1.82) is 0 Å². The van der Waals surface area contributed by atoms with Crippen molar-refractivity contribution in [2.24, 2.45) is 0 Å². The molecule has 0 aliphatic carbocycles. The van der Waals surface area contributed by atoms with Gasteiger partial charge in [-0.25, -0.2) is 8.42 Å². The maximum atomic E-state index is 12.2. The van der Waals surface area contributed by atoms with Crippen molar-refractivity contribution in [2.45, 2.75) is 11.1 Å². The smallest absolute Gasteiger partial charge is 0.271 e. The SMILES string of the molecule is CCOc1c(Cl)cccc1NS(=O)(=O)c1ccc(Cl)s1. The molecule has 108 valence electrons. The second-order valence-corrected chi connectivity index (χ2v) is 7.75. The number of ether oxygens (including phenoxy) is 1. The summed E-state index contributed by atoms with van der Waals surface area (Å²) in [6.45, 7) is 2.17. The summed E-state index contributed by atoms with van der Waals surface area (Å²) in [5.74, 6) is 0.308. The molecule has 8 heteroatoms. The van der Waals surface area contributed by atoms with E-state index in [1.165, 1.54) is 12.1 Å². The quantitative estimate of drug-likeness (QED) is 0.875. The highest BCUT2D eigenvalue weighted by atomic mass is 35.5. The van der Waals surface area contributed by atoms with E-state index < -0.39 is 10.0 Å². The average molecular weight is 352 g/mol. The van der Waals surface area contributed by atoms with Gasteiger partial charge >= 0.3 is 0 Å². The van der Waals surface area contributed by atoms with E-state index in [4.69, 9.17) is 27.9 Å². The lowest BCUT2D eigenvalue weighted by atomic mass is 10.3. The number of benzene rings is 1. The molecule has 0 atom stereocenters. The Kier molecular flexibility index (Phi) is 4.80. The Bertz CT molecular complexity index is 713. The number of thiophene rings is 1. The summed E-state index contributed by atoms with van der Waals surface area (Å²) in [6.07, 6.45) is 0. The Balaban J connectivity index is 2.37. The highest BCUT2D eigenvalue weighted by Gasteiger charge is 2.19. The zero-order valence-electron chi connectivity index (χ0n) is 10.4. The summed E-state index contributed by atoms with van der Waals surface area (Å²) in [6, 6.07) is 7.84. The fraction of sp³-hybridized carbons (Fsp3) is 0.167. The minimum atomic E-state index is -3.70. The van der Waals surface area contributed by atoms with Gasteiger partial charge in [0.15, 0.2) is 5.75 Å². The van der Waals surface area contributed by atoms with E-state index in [9.17, 15) is 8.42 Å². The minimum absolute atomic E-state index is 0.130. The van der Waals surface area contributed by atoms with Crippen LogP contribution >= 0.6 is 34.5 Å². The maximum absolute atomic E-state index is 12.2. The van der Waals surface area contributed by atoms with Crippen LogP contribution in [0.5, 0.6) is 5.75 Å². The highest BCUT2D eigenvalue weighted by Crippen LogP contribution is 2.35. The van der Waals surface area contributed by atoms with Crippen LogP contribution in [-0.2, 0) is 10.0 Å². The topological polar surface area (TPSA) is 55.4 Å². The van der Waals surface area contributed by atoms with Crippen molar-refractivity contribution in [1.82, 2.24) is 0 Å². The normalized spacial score (nSPS) is 11.3. The molecule has 0 radical (unpaired) electrons. The highest BCUT2D eigenvalue weighted by molar-refractivity contribution is 7.94. The third-order valence-corrected chi connectivity index (χ3v) is 5.70. The van der Waals surface area contributed by atoms with Crippen molar-refractivity contribution in [3.63, 3.8) is 0 Å². The van der Waals surface area contributed by atoms with Gasteiger partial charge in [0.2, 0.25) is 0 Å². The molecular formula is C12H11Cl2NO3S2. The number of sulfonamides is 1. The van der Waals surface area contributed by atoms with E-state index in [1.54, 1.807) is 25.1 Å². The van der Waals surface area contributed by atoms with E-state index in [-0.39, 0.29) is 4.21 Å². The van der Waals surface area contributed by atoms with Gasteiger partial charge in [0.25, 0.3) is 10.0 Å². The fourth-order valence-electron chi connectivity index (χ4n) is 1.52. The number of rotatable bonds is 5. The van der Waals surface area contributed by atoms with Crippen LogP contribution in [0, 0.1) is 0 Å². The van der Waals surface area contributed by atoms with Gasteiger partial charge in [-0.05, 0) is 31.2 Å². The molecule has 1 aromatic heterocycles. The van der Waals surface area contributed by atoms with Gasteiger partial charge in [-0.1, -0.05) is 29.3 Å². The zero-order chi connectivity index (χ0) is 14.8. The number of hydrogen-bond acceptors (Lipinski definition) is 4. The lowest BCUT2D eigenvalue weighted by Gasteiger charge is -2.13. The Labute approximate surface area is 131 Å². The van der Waals surface area contributed by atoms with Crippen LogP contribution in [0.25, 0.3) is 0 Å². The first kappa shape index (κ1) is 15.4. The van der Waals surface area contributed by atoms with Crippen molar-refractivity contribution in [3.05, 3.63) is 39.7 Å². The minimum Gasteiger partial charge on any atom is -0.490 e. The van der Waals surface area contributed by atoms with Gasteiger partial charge in [-0.3, -0.25) is 4.72 Å². The van der Waals surface area contributed by atoms with Gasteiger partial charge in [0, 0.05) is 0 Å². The van der Waals surface area contributed by atoms with Crippen LogP contribution in [0.1, 0.15) is 6.92 Å². The van der Waals surface area contributed by atoms with Crippen LogP contribution in [0.3, 0.4) is 0 Å². The van der Waals surface area contributed by atoms with E-state index in [2.05, 4.69) is 4.72 Å². The third-order valence-electron chi connectivity index (χ3n) is 2.31. The van der Waals surface area contributed by atoms with Crippen molar-refractivity contribution in [2.75, 3.05) is 11.3 Å². The molecule has 0 spiro atoms. The second-order valence-electron chi connectivity index (χ2n) is 3.71. The van der Waals surface area contributed by atoms with Crippen molar-refractivity contribution < 1.29 is 13.2 Å². The lowest BCUT2D eigenvalue weighted by molar-refractivity contribution is 0.342. The molecule has 0 saturated carbocycles. The summed E-state index contributed by atoms with van der Waals surface area (Å²) >= 11 is 12.7. The molecule has 0 amide bonds. The van der Waals surface area contributed by atoms with Gasteiger partial charge in [0.05, 0.1) is 21.7 Å². The third kappa shape index (κ3) is 3.38. The van der Waals surface area contributed by atoms with Crippen LogP contribution in [-0.4, -0.2) is 15.0 Å². The van der Waals surface area contributed by atoms with Gasteiger partial charge < -0.3 is 4.74 Å². The molecule has 0 aliphatic rings. The molecule has 0 saturated heterocycles. The van der Waals surface area contributed by atoms with E-state index in [0.717, 1.165) is 11.3 Å². The lowest BCUT2D eigenvalue weighted by Crippen LogP contribution is -2.12. The predicted octanol–water partition coefficient (Wildman–Crippen LogP) is 4.25. The molecule has 0 unspecified atom stereocenters. The Morgan fingerprint density at radius 1 is 1.25 bits per heavy atom. The average Bonchev–Trinajstić information content (AvgIpc) is 2.81. The summed E-state index contributed by atoms with van der Waals surface area (Å²) in [5.41, 5.74) is 0.295. The molecule has 1 N–H and O–H groups in total. The van der Waals surface area contributed by atoms with Crippen molar-refractivity contribution >= 4 is 50.2 Å². The van der Waals surface area contributed by atoms with Crippen molar-refractivity contribution in [3.8, 4) is 5.75 Å². The molecular weight excluding hydrogens is 341 g/mol. The van der Waals surface area contributed by atoms with Crippen LogP contribution in [0.2, 0.25) is 9.36 Å². The monoisotopic (exact) mass is 351 g/mol. The zero-order valence-corrected chi connectivity index (χ0v) is 13.5. The number of hydrogen-bond donors (Lipinski definition) is 1. The van der Waals surface area contributed by atoms with Gasteiger partial charge in [-0.2, -0.15) is 0 Å². The Hall–Kier alpha value is -0.950. The number of para-hydroxylation sites is 1. The molecule has 0 bridgehead atoms. The van der Waals surface area contributed by atoms with Gasteiger partial charge in [-0.15, -0.1) is 11.3 Å². The Morgan fingerprint density at radius 2 is 2.00 bits per heavy atom. The first-order valence-electron chi connectivity index (χ1n) is 5.63. The summed E-state index contributed by atoms with van der Waals surface area (Å²) in [5, 5.41) is 0.344. The van der Waals surface area contributed by atoms with E-state index in [1.807, 2.05) is 0 Å². The largest absolute Gasteiger partial charge is 0.490 e.